The molecule has 0 aromatic heterocycles. The molecule has 2 aromatic carbocycles. The Bertz CT molecular complexity index is 706. The van der Waals surface area contributed by atoms with Crippen LogP contribution in [0.4, 0.5) is 4.39 Å². The number of carbonyl (C=O) groups is 1. The van der Waals surface area contributed by atoms with E-state index in [9.17, 15) is 9.18 Å². The predicted octanol–water partition coefficient (Wildman–Crippen LogP) is 5.85. The molecule has 0 amide bonds. The SMILES string of the molecule is O=C(CCCCCN1CCCCC1)c1ccc(Oc2ccc(F)cc2)cc1. The van der Waals surface area contributed by atoms with Crippen molar-refractivity contribution in [2.45, 2.75) is 44.9 Å². The molecule has 4 heteroatoms. The zero-order valence-electron chi connectivity index (χ0n) is 15.8. The molecule has 144 valence electrons. The van der Waals surface area contributed by atoms with Gasteiger partial charge in [0.1, 0.15) is 17.3 Å². The van der Waals surface area contributed by atoms with Gasteiger partial charge in [-0.3, -0.25) is 4.79 Å². The highest BCUT2D eigenvalue weighted by Crippen LogP contribution is 2.22. The molecule has 3 rings (SSSR count). The first kappa shape index (κ1) is 19.6. The second-order valence-electron chi connectivity index (χ2n) is 7.22. The maximum Gasteiger partial charge on any atom is 0.162 e. The first-order chi connectivity index (χ1) is 13.2. The average Bonchev–Trinajstić information content (AvgIpc) is 2.71. The van der Waals surface area contributed by atoms with Crippen molar-refractivity contribution in [3.63, 3.8) is 0 Å². The van der Waals surface area contributed by atoms with Gasteiger partial charge >= 0.3 is 0 Å². The Morgan fingerprint density at radius 3 is 2.15 bits per heavy atom. The van der Waals surface area contributed by atoms with Crippen LogP contribution in [0.5, 0.6) is 11.5 Å². The maximum absolute atomic E-state index is 12.9. The fraction of sp³-hybridized carbons (Fsp3) is 0.435. The number of hydrogen-bond donors (Lipinski definition) is 0. The Balaban J connectivity index is 1.37. The van der Waals surface area contributed by atoms with Gasteiger partial charge in [-0.15, -0.1) is 0 Å². The highest BCUT2D eigenvalue weighted by Gasteiger charge is 2.10. The molecule has 0 bridgehead atoms. The third-order valence-corrected chi connectivity index (χ3v) is 5.05. The minimum atomic E-state index is -0.292. The summed E-state index contributed by atoms with van der Waals surface area (Å²) < 4.78 is 18.6. The summed E-state index contributed by atoms with van der Waals surface area (Å²) >= 11 is 0. The number of piperidine rings is 1. The van der Waals surface area contributed by atoms with E-state index in [-0.39, 0.29) is 11.6 Å². The summed E-state index contributed by atoms with van der Waals surface area (Å²) in [5.74, 6) is 1.10. The van der Waals surface area contributed by atoms with Crippen LogP contribution in [-0.4, -0.2) is 30.3 Å². The van der Waals surface area contributed by atoms with Crippen molar-refractivity contribution in [2.24, 2.45) is 0 Å². The zero-order valence-corrected chi connectivity index (χ0v) is 15.8. The summed E-state index contributed by atoms with van der Waals surface area (Å²) in [7, 11) is 0. The smallest absolute Gasteiger partial charge is 0.162 e. The van der Waals surface area contributed by atoms with Gasteiger partial charge in [0.2, 0.25) is 0 Å². The summed E-state index contributed by atoms with van der Waals surface area (Å²) in [4.78, 5) is 14.9. The summed E-state index contributed by atoms with van der Waals surface area (Å²) in [6, 6.07) is 13.1. The number of halogens is 1. The van der Waals surface area contributed by atoms with Gasteiger partial charge in [0.05, 0.1) is 0 Å². The van der Waals surface area contributed by atoms with Crippen molar-refractivity contribution in [1.29, 1.82) is 0 Å². The second kappa shape index (κ2) is 10.2. The second-order valence-corrected chi connectivity index (χ2v) is 7.22. The van der Waals surface area contributed by atoms with E-state index in [0.717, 1.165) is 18.4 Å². The summed E-state index contributed by atoms with van der Waals surface area (Å²) in [5.41, 5.74) is 0.720. The zero-order chi connectivity index (χ0) is 18.9. The van der Waals surface area contributed by atoms with Crippen molar-refractivity contribution in [1.82, 2.24) is 4.90 Å². The molecule has 0 saturated carbocycles. The lowest BCUT2D eigenvalue weighted by atomic mass is 10.0. The van der Waals surface area contributed by atoms with Crippen LogP contribution in [0.1, 0.15) is 55.3 Å². The molecule has 0 radical (unpaired) electrons. The molecule has 27 heavy (non-hydrogen) atoms. The van der Waals surface area contributed by atoms with Crippen molar-refractivity contribution in [3.8, 4) is 11.5 Å². The third kappa shape index (κ3) is 6.47. The molecular weight excluding hydrogens is 341 g/mol. The van der Waals surface area contributed by atoms with E-state index in [4.69, 9.17) is 4.74 Å². The number of nitrogens with zero attached hydrogens (tertiary/aromatic N) is 1. The van der Waals surface area contributed by atoms with Gasteiger partial charge in [-0.1, -0.05) is 12.8 Å². The monoisotopic (exact) mass is 369 g/mol. The maximum atomic E-state index is 12.9. The van der Waals surface area contributed by atoms with Crippen LogP contribution in [0.15, 0.2) is 48.5 Å². The number of likely N-dealkylation sites (tertiary alicyclic amines) is 1. The Morgan fingerprint density at radius 2 is 1.48 bits per heavy atom. The molecule has 1 aliphatic rings. The van der Waals surface area contributed by atoms with E-state index in [2.05, 4.69) is 4.90 Å². The molecule has 0 unspecified atom stereocenters. The van der Waals surface area contributed by atoms with Gasteiger partial charge < -0.3 is 9.64 Å². The van der Waals surface area contributed by atoms with Gasteiger partial charge in [-0.25, -0.2) is 4.39 Å². The number of ether oxygens (including phenoxy) is 1. The average molecular weight is 369 g/mol. The number of rotatable bonds is 9. The van der Waals surface area contributed by atoms with Crippen LogP contribution in [0, 0.1) is 5.82 Å². The highest BCUT2D eigenvalue weighted by atomic mass is 19.1. The molecule has 0 spiro atoms. The molecule has 1 saturated heterocycles. The lowest BCUT2D eigenvalue weighted by molar-refractivity contribution is 0.0978. The van der Waals surface area contributed by atoms with Gasteiger partial charge in [0.15, 0.2) is 5.78 Å². The minimum absolute atomic E-state index is 0.182. The Kier molecular flexibility index (Phi) is 7.40. The molecule has 0 N–H and O–H groups in total. The van der Waals surface area contributed by atoms with Crippen LogP contribution < -0.4 is 4.74 Å². The molecule has 0 aliphatic carbocycles. The van der Waals surface area contributed by atoms with Crippen LogP contribution in [-0.2, 0) is 0 Å². The van der Waals surface area contributed by atoms with Crippen molar-refractivity contribution < 1.29 is 13.9 Å². The molecule has 3 nitrogen and oxygen atoms in total. The predicted molar refractivity (Wildman–Crippen MR) is 106 cm³/mol. The van der Waals surface area contributed by atoms with E-state index in [0.29, 0.717) is 17.9 Å². The standard InChI is InChI=1S/C23H28FNO2/c24-20-10-14-22(15-11-20)27-21-12-8-19(9-13-21)23(26)7-3-1-4-16-25-17-5-2-6-18-25/h8-15H,1-7,16-18H2. The van der Waals surface area contributed by atoms with Crippen molar-refractivity contribution in [3.05, 3.63) is 59.9 Å². The third-order valence-electron chi connectivity index (χ3n) is 5.05. The van der Waals surface area contributed by atoms with Crippen molar-refractivity contribution in [2.75, 3.05) is 19.6 Å². The minimum Gasteiger partial charge on any atom is -0.457 e. The van der Waals surface area contributed by atoms with Crippen LogP contribution in [0.25, 0.3) is 0 Å². The van der Waals surface area contributed by atoms with Crippen LogP contribution in [0.2, 0.25) is 0 Å². The van der Waals surface area contributed by atoms with Gasteiger partial charge in [0.25, 0.3) is 0 Å². The van der Waals surface area contributed by atoms with Crippen molar-refractivity contribution >= 4 is 5.78 Å². The van der Waals surface area contributed by atoms with E-state index < -0.39 is 0 Å². The normalized spacial score (nSPS) is 14.9. The molecule has 1 aliphatic heterocycles. The quantitative estimate of drug-likeness (QED) is 0.410. The summed E-state index contributed by atoms with van der Waals surface area (Å²) in [6.07, 6.45) is 7.86. The molecule has 1 fully saturated rings. The fourth-order valence-corrected chi connectivity index (χ4v) is 3.47. The van der Waals surface area contributed by atoms with E-state index in [1.54, 1.807) is 36.4 Å². The molecule has 1 heterocycles. The first-order valence-corrected chi connectivity index (χ1v) is 10.00. The van der Waals surface area contributed by atoms with Crippen LogP contribution in [0.3, 0.4) is 0 Å². The van der Waals surface area contributed by atoms with Crippen LogP contribution >= 0.6 is 0 Å². The number of unbranched alkanes of at least 4 members (excludes halogenated alkanes) is 2. The summed E-state index contributed by atoms with van der Waals surface area (Å²) in [5, 5.41) is 0. The molecule has 2 aromatic rings. The number of Topliss-reactive ketones (excluding diaryl/α,β-unsaturated/α-hetero) is 1. The topological polar surface area (TPSA) is 29.5 Å². The lowest BCUT2D eigenvalue weighted by Gasteiger charge is -2.26. The fourth-order valence-electron chi connectivity index (χ4n) is 3.47. The number of ketones is 1. The Morgan fingerprint density at radius 1 is 0.852 bits per heavy atom. The number of carbonyl (C=O) groups excluding carboxylic acids is 1. The Labute approximate surface area is 161 Å². The number of benzene rings is 2. The van der Waals surface area contributed by atoms with Gasteiger partial charge in [-0.05, 0) is 93.8 Å². The van der Waals surface area contributed by atoms with E-state index in [1.807, 2.05) is 0 Å². The number of hydrogen-bond acceptors (Lipinski definition) is 3. The highest BCUT2D eigenvalue weighted by molar-refractivity contribution is 5.96. The first-order valence-electron chi connectivity index (χ1n) is 10.00. The molecular formula is C23H28FNO2. The van der Waals surface area contributed by atoms with E-state index >= 15 is 0 Å². The largest absolute Gasteiger partial charge is 0.457 e. The van der Waals surface area contributed by atoms with E-state index in [1.165, 1.54) is 57.5 Å². The summed E-state index contributed by atoms with van der Waals surface area (Å²) in [6.45, 7) is 3.65. The van der Waals surface area contributed by atoms with Gasteiger partial charge in [-0.2, -0.15) is 0 Å². The lowest BCUT2D eigenvalue weighted by Crippen LogP contribution is -2.30. The van der Waals surface area contributed by atoms with Gasteiger partial charge in [0, 0.05) is 12.0 Å². The Hall–Kier alpha value is -2.20. The molecule has 0 atom stereocenters.